The van der Waals surface area contributed by atoms with Crippen LogP contribution >= 0.6 is 0 Å². The molecule has 4 heteroatoms. The summed E-state index contributed by atoms with van der Waals surface area (Å²) in [6.45, 7) is 3.91. The SMILES string of the molecule is CCCCCCCCCCCCC#CC#CCCCCCCCCC(=O)NCCCn1ccnc1. The van der Waals surface area contributed by atoms with E-state index in [0.29, 0.717) is 6.42 Å². The summed E-state index contributed by atoms with van der Waals surface area (Å²) in [4.78, 5) is 15.9. The fourth-order valence-electron chi connectivity index (χ4n) is 4.12. The van der Waals surface area contributed by atoms with Crippen molar-refractivity contribution in [1.82, 2.24) is 14.9 Å². The molecule has 4 nitrogen and oxygen atoms in total. The Labute approximate surface area is 216 Å². The maximum absolute atomic E-state index is 11.9. The summed E-state index contributed by atoms with van der Waals surface area (Å²) in [5.74, 6) is 12.6. The van der Waals surface area contributed by atoms with Crippen LogP contribution in [0, 0.1) is 23.7 Å². The predicted octanol–water partition coefficient (Wildman–Crippen LogP) is 7.83. The van der Waals surface area contributed by atoms with Crippen LogP contribution in [0.5, 0.6) is 0 Å². The van der Waals surface area contributed by atoms with E-state index in [9.17, 15) is 4.79 Å². The molecule has 1 aromatic rings. The van der Waals surface area contributed by atoms with Crippen molar-refractivity contribution in [2.45, 2.75) is 142 Å². The van der Waals surface area contributed by atoms with Gasteiger partial charge in [0.15, 0.2) is 0 Å². The zero-order valence-electron chi connectivity index (χ0n) is 22.6. The number of carbonyl (C=O) groups is 1. The van der Waals surface area contributed by atoms with Crippen molar-refractivity contribution in [3.63, 3.8) is 0 Å². The Morgan fingerprint density at radius 3 is 1.83 bits per heavy atom. The smallest absolute Gasteiger partial charge is 0.219 e. The second kappa shape index (κ2) is 24.9. The second-order valence-electron chi connectivity index (χ2n) is 9.66. The molecule has 1 aromatic heterocycles. The van der Waals surface area contributed by atoms with Gasteiger partial charge < -0.3 is 9.88 Å². The first-order chi connectivity index (χ1) is 17.3. The van der Waals surface area contributed by atoms with Crippen molar-refractivity contribution in [1.29, 1.82) is 0 Å². The summed E-state index contributed by atoms with van der Waals surface area (Å²) in [7, 11) is 0. The van der Waals surface area contributed by atoms with Crippen LogP contribution in [0.1, 0.15) is 135 Å². The number of hydrogen-bond acceptors (Lipinski definition) is 2. The van der Waals surface area contributed by atoms with Crippen LogP contribution in [0.15, 0.2) is 18.7 Å². The topological polar surface area (TPSA) is 46.9 Å². The van der Waals surface area contributed by atoms with Gasteiger partial charge in [-0.25, -0.2) is 4.98 Å². The van der Waals surface area contributed by atoms with Crippen LogP contribution in [0.4, 0.5) is 0 Å². The fraction of sp³-hybridized carbons (Fsp3) is 0.742. The van der Waals surface area contributed by atoms with Gasteiger partial charge in [-0.3, -0.25) is 4.79 Å². The van der Waals surface area contributed by atoms with Gasteiger partial charge in [-0.2, -0.15) is 0 Å². The molecule has 0 bridgehead atoms. The van der Waals surface area contributed by atoms with Crippen LogP contribution < -0.4 is 5.32 Å². The third-order valence-electron chi connectivity index (χ3n) is 6.32. The summed E-state index contributed by atoms with van der Waals surface area (Å²) in [5, 5.41) is 3.01. The molecule has 196 valence electrons. The molecule has 1 N–H and O–H groups in total. The molecule has 0 aliphatic carbocycles. The fourth-order valence-corrected chi connectivity index (χ4v) is 4.12. The number of hydrogen-bond donors (Lipinski definition) is 1. The van der Waals surface area contributed by atoms with E-state index in [1.54, 1.807) is 6.20 Å². The Hall–Kier alpha value is -2.20. The normalized spacial score (nSPS) is 10.3. The summed E-state index contributed by atoms with van der Waals surface area (Å²) >= 11 is 0. The van der Waals surface area contributed by atoms with Gasteiger partial charge in [0, 0.05) is 44.7 Å². The van der Waals surface area contributed by atoms with Crippen LogP contribution in [0.2, 0.25) is 0 Å². The standard InChI is InChI=1S/C31H51N3O/c1-2-3-4-5-6-7-8-9-10-11-12-13-14-15-16-17-18-19-20-21-22-23-25-31(35)33-26-24-28-34-29-27-32-30-34/h27,29-30H,2-12,17-26,28H2,1H3,(H,33,35). The number of carbonyl (C=O) groups excluding carboxylic acids is 1. The summed E-state index contributed by atoms with van der Waals surface area (Å²) in [5.41, 5.74) is 0. The first kappa shape index (κ1) is 30.8. The zero-order chi connectivity index (χ0) is 25.1. The Morgan fingerprint density at radius 1 is 0.743 bits per heavy atom. The third-order valence-corrected chi connectivity index (χ3v) is 6.32. The summed E-state index contributed by atoms with van der Waals surface area (Å²) in [6, 6.07) is 0. The van der Waals surface area contributed by atoms with E-state index in [-0.39, 0.29) is 5.91 Å². The van der Waals surface area contributed by atoms with E-state index in [1.807, 2.05) is 17.1 Å². The average Bonchev–Trinajstić information content (AvgIpc) is 3.38. The maximum atomic E-state index is 11.9. The van der Waals surface area contributed by atoms with Gasteiger partial charge in [-0.15, -0.1) is 0 Å². The highest BCUT2D eigenvalue weighted by Gasteiger charge is 2.00. The first-order valence-electron chi connectivity index (χ1n) is 14.5. The number of imidazole rings is 1. The van der Waals surface area contributed by atoms with E-state index in [2.05, 4.69) is 40.9 Å². The molecule has 0 aliphatic heterocycles. The van der Waals surface area contributed by atoms with Gasteiger partial charge in [-0.05, 0) is 37.5 Å². The minimum atomic E-state index is 0.181. The van der Waals surface area contributed by atoms with Gasteiger partial charge in [-0.1, -0.05) is 102 Å². The number of rotatable bonds is 22. The zero-order valence-corrected chi connectivity index (χ0v) is 22.6. The molecule has 0 aliphatic rings. The Kier molecular flexibility index (Phi) is 21.9. The molecule has 0 fully saturated rings. The molecule has 1 rings (SSSR count). The monoisotopic (exact) mass is 481 g/mol. The molecular weight excluding hydrogens is 430 g/mol. The highest BCUT2D eigenvalue weighted by atomic mass is 16.1. The second-order valence-corrected chi connectivity index (χ2v) is 9.66. The third kappa shape index (κ3) is 22.0. The highest BCUT2D eigenvalue weighted by molar-refractivity contribution is 5.75. The number of aryl methyl sites for hydroxylation is 1. The molecule has 0 spiro atoms. The van der Waals surface area contributed by atoms with E-state index in [1.165, 1.54) is 83.5 Å². The summed E-state index contributed by atoms with van der Waals surface area (Å²) < 4.78 is 2.03. The van der Waals surface area contributed by atoms with Crippen molar-refractivity contribution in [2.24, 2.45) is 0 Å². The van der Waals surface area contributed by atoms with Crippen LogP contribution in [0.25, 0.3) is 0 Å². The van der Waals surface area contributed by atoms with E-state index in [4.69, 9.17) is 0 Å². The predicted molar refractivity (Wildman–Crippen MR) is 149 cm³/mol. The number of aromatic nitrogens is 2. The Balaban J connectivity index is 1.78. The molecule has 0 radical (unpaired) electrons. The minimum absolute atomic E-state index is 0.181. The molecule has 0 unspecified atom stereocenters. The Bertz CT molecular complexity index is 718. The molecule has 0 aromatic carbocycles. The van der Waals surface area contributed by atoms with Gasteiger partial charge in [0.1, 0.15) is 0 Å². The largest absolute Gasteiger partial charge is 0.356 e. The first-order valence-corrected chi connectivity index (χ1v) is 14.5. The van der Waals surface area contributed by atoms with Crippen molar-refractivity contribution >= 4 is 5.91 Å². The van der Waals surface area contributed by atoms with E-state index in [0.717, 1.165) is 51.6 Å². The van der Waals surface area contributed by atoms with E-state index >= 15 is 0 Å². The lowest BCUT2D eigenvalue weighted by Gasteiger charge is -2.06. The van der Waals surface area contributed by atoms with Crippen LogP contribution in [-0.2, 0) is 11.3 Å². The van der Waals surface area contributed by atoms with Crippen molar-refractivity contribution in [2.75, 3.05) is 6.54 Å². The van der Waals surface area contributed by atoms with Gasteiger partial charge in [0.25, 0.3) is 0 Å². The average molecular weight is 482 g/mol. The van der Waals surface area contributed by atoms with Gasteiger partial charge in [0.2, 0.25) is 5.91 Å². The minimum Gasteiger partial charge on any atom is -0.356 e. The maximum Gasteiger partial charge on any atom is 0.219 e. The molecule has 1 heterocycles. The van der Waals surface area contributed by atoms with Crippen molar-refractivity contribution in [3.05, 3.63) is 18.7 Å². The summed E-state index contributed by atoms with van der Waals surface area (Å²) in [6.07, 6.45) is 29.7. The van der Waals surface area contributed by atoms with E-state index < -0.39 is 0 Å². The van der Waals surface area contributed by atoms with Crippen LogP contribution in [0.3, 0.4) is 0 Å². The molecule has 0 saturated heterocycles. The Morgan fingerprint density at radius 2 is 1.29 bits per heavy atom. The number of nitrogens with zero attached hydrogens (tertiary/aromatic N) is 2. The van der Waals surface area contributed by atoms with Gasteiger partial charge >= 0.3 is 0 Å². The lowest BCUT2D eigenvalue weighted by molar-refractivity contribution is -0.121. The molecule has 0 atom stereocenters. The highest BCUT2D eigenvalue weighted by Crippen LogP contribution is 2.11. The number of unbranched alkanes of at least 4 members (excludes halogenated alkanes) is 16. The molecule has 0 saturated carbocycles. The molecule has 35 heavy (non-hydrogen) atoms. The lowest BCUT2D eigenvalue weighted by atomic mass is 10.1. The lowest BCUT2D eigenvalue weighted by Crippen LogP contribution is -2.24. The molecular formula is C31H51N3O. The van der Waals surface area contributed by atoms with Gasteiger partial charge in [0.05, 0.1) is 6.33 Å². The number of amides is 1. The number of nitrogens with one attached hydrogen (secondary N) is 1. The van der Waals surface area contributed by atoms with Crippen molar-refractivity contribution < 1.29 is 4.79 Å². The molecule has 1 amide bonds. The quantitative estimate of drug-likeness (QED) is 0.135. The van der Waals surface area contributed by atoms with Crippen molar-refractivity contribution in [3.8, 4) is 23.7 Å². The van der Waals surface area contributed by atoms with Crippen LogP contribution in [-0.4, -0.2) is 22.0 Å².